The Morgan fingerprint density at radius 3 is 2.61 bits per heavy atom. The molecule has 2 aliphatic rings. The van der Waals surface area contributed by atoms with Gasteiger partial charge in [-0.15, -0.1) is 0 Å². The highest BCUT2D eigenvalue weighted by Gasteiger charge is 2.32. The molecule has 162 valence electrons. The number of benzene rings is 2. The number of piperidine rings is 1. The van der Waals surface area contributed by atoms with E-state index in [1.807, 2.05) is 24.3 Å². The smallest absolute Gasteiger partial charge is 0.227 e. The molecule has 1 unspecified atom stereocenters. The third-order valence-corrected chi connectivity index (χ3v) is 7.42. The normalized spacial score (nSPS) is 19.6. The molecule has 2 saturated heterocycles. The molecule has 0 saturated carbocycles. The molecule has 0 N–H and O–H groups in total. The molecule has 7 heteroatoms. The fraction of sp³-hybridized carbons (Fsp3) is 0.417. The highest BCUT2D eigenvalue weighted by Crippen LogP contribution is 2.34. The van der Waals surface area contributed by atoms with Gasteiger partial charge in [-0.1, -0.05) is 29.5 Å². The molecule has 1 amide bonds. The molecule has 0 radical (unpaired) electrons. The molecule has 2 aliphatic heterocycles. The number of fused-ring (bicyclic) bond motifs is 1. The number of nitrogens with zero attached hydrogens (tertiary/aromatic N) is 4. The van der Waals surface area contributed by atoms with Crippen LogP contribution in [0.15, 0.2) is 48.5 Å². The number of carbonyl (C=O) groups is 1. The van der Waals surface area contributed by atoms with Crippen LogP contribution in [0.1, 0.15) is 12.8 Å². The van der Waals surface area contributed by atoms with Crippen LogP contribution in [-0.4, -0.2) is 62.2 Å². The van der Waals surface area contributed by atoms with Crippen LogP contribution in [0.5, 0.6) is 5.75 Å². The Balaban J connectivity index is 1.23. The molecular weight excluding hydrogens is 408 g/mol. The molecule has 2 fully saturated rings. The minimum absolute atomic E-state index is 0.0542. The quantitative estimate of drug-likeness (QED) is 0.621. The van der Waals surface area contributed by atoms with Gasteiger partial charge < -0.3 is 19.4 Å². The van der Waals surface area contributed by atoms with Crippen LogP contribution in [0.25, 0.3) is 10.2 Å². The van der Waals surface area contributed by atoms with E-state index in [1.165, 1.54) is 5.69 Å². The van der Waals surface area contributed by atoms with E-state index in [1.54, 1.807) is 18.4 Å². The largest absolute Gasteiger partial charge is 0.497 e. The van der Waals surface area contributed by atoms with Crippen LogP contribution in [0.3, 0.4) is 0 Å². The second-order valence-electron chi connectivity index (χ2n) is 8.26. The first-order valence-electron chi connectivity index (χ1n) is 11.0. The van der Waals surface area contributed by atoms with Crippen molar-refractivity contribution in [3.8, 4) is 5.75 Å². The number of aromatic nitrogens is 1. The van der Waals surface area contributed by atoms with Crippen molar-refractivity contribution in [3.63, 3.8) is 0 Å². The van der Waals surface area contributed by atoms with Crippen LogP contribution < -0.4 is 14.5 Å². The summed E-state index contributed by atoms with van der Waals surface area (Å²) in [5, 5.41) is 1.01. The van der Waals surface area contributed by atoms with E-state index in [-0.39, 0.29) is 5.92 Å². The molecular formula is C24H28N4O2S. The number of hydrogen-bond donors (Lipinski definition) is 0. The number of carbonyl (C=O) groups excluding carboxylic acids is 1. The molecule has 3 heterocycles. The fourth-order valence-corrected chi connectivity index (χ4v) is 5.62. The van der Waals surface area contributed by atoms with E-state index in [0.717, 1.165) is 73.2 Å². The second kappa shape index (κ2) is 8.75. The van der Waals surface area contributed by atoms with Gasteiger partial charge in [-0.3, -0.25) is 4.79 Å². The number of anilines is 2. The van der Waals surface area contributed by atoms with E-state index >= 15 is 0 Å². The zero-order valence-corrected chi connectivity index (χ0v) is 18.7. The minimum Gasteiger partial charge on any atom is -0.497 e. The first-order chi connectivity index (χ1) is 15.2. The highest BCUT2D eigenvalue weighted by molar-refractivity contribution is 7.22. The van der Waals surface area contributed by atoms with Crippen molar-refractivity contribution in [1.29, 1.82) is 0 Å². The average Bonchev–Trinajstić information content (AvgIpc) is 3.28. The molecule has 0 spiro atoms. The first-order valence-corrected chi connectivity index (χ1v) is 11.8. The third-order valence-electron chi connectivity index (χ3n) is 6.34. The van der Waals surface area contributed by atoms with Gasteiger partial charge in [0.15, 0.2) is 5.13 Å². The highest BCUT2D eigenvalue weighted by atomic mass is 32.1. The summed E-state index contributed by atoms with van der Waals surface area (Å²) in [6.45, 7) is 5.10. The predicted molar refractivity (Wildman–Crippen MR) is 126 cm³/mol. The summed E-state index contributed by atoms with van der Waals surface area (Å²) in [6.07, 6.45) is 1.99. The Hall–Kier alpha value is -2.80. The van der Waals surface area contributed by atoms with E-state index in [2.05, 4.69) is 39.0 Å². The molecule has 1 atom stereocenters. The van der Waals surface area contributed by atoms with Gasteiger partial charge in [0, 0.05) is 45.0 Å². The Labute approximate surface area is 187 Å². The molecule has 0 bridgehead atoms. The van der Waals surface area contributed by atoms with Gasteiger partial charge in [-0.2, -0.15) is 0 Å². The van der Waals surface area contributed by atoms with Crippen molar-refractivity contribution in [2.75, 3.05) is 56.2 Å². The number of para-hydroxylation sites is 1. The van der Waals surface area contributed by atoms with E-state index in [0.29, 0.717) is 5.91 Å². The Kier molecular flexibility index (Phi) is 5.68. The van der Waals surface area contributed by atoms with Crippen molar-refractivity contribution >= 4 is 38.3 Å². The summed E-state index contributed by atoms with van der Waals surface area (Å²) < 4.78 is 6.46. The lowest BCUT2D eigenvalue weighted by Crippen LogP contribution is -2.52. The maximum atomic E-state index is 13.3. The van der Waals surface area contributed by atoms with Crippen molar-refractivity contribution in [2.24, 2.45) is 5.92 Å². The lowest BCUT2D eigenvalue weighted by molar-refractivity contribution is -0.136. The monoisotopic (exact) mass is 436 g/mol. The topological polar surface area (TPSA) is 48.9 Å². The standard InChI is InChI=1S/C24H28N4O2S/c1-30-20-9-10-21-22(16-20)31-24(25-21)28-11-5-6-18(17-28)23(29)27-14-12-26(13-15-27)19-7-3-2-4-8-19/h2-4,7-10,16,18H,5-6,11-15,17H2,1H3. The molecule has 2 aromatic carbocycles. The number of piperazine rings is 1. The Morgan fingerprint density at radius 2 is 1.84 bits per heavy atom. The zero-order chi connectivity index (χ0) is 21.2. The molecule has 5 rings (SSSR count). The van der Waals surface area contributed by atoms with Gasteiger partial charge in [0.1, 0.15) is 5.75 Å². The van der Waals surface area contributed by atoms with Gasteiger partial charge in [0.25, 0.3) is 0 Å². The van der Waals surface area contributed by atoms with Crippen molar-refractivity contribution in [1.82, 2.24) is 9.88 Å². The van der Waals surface area contributed by atoms with Crippen molar-refractivity contribution in [3.05, 3.63) is 48.5 Å². The molecule has 6 nitrogen and oxygen atoms in total. The SMILES string of the molecule is COc1ccc2nc(N3CCCC(C(=O)N4CCN(c5ccccc5)CC4)C3)sc2c1. The number of hydrogen-bond acceptors (Lipinski definition) is 6. The van der Waals surface area contributed by atoms with Crippen LogP contribution in [0.2, 0.25) is 0 Å². The predicted octanol–water partition coefficient (Wildman–Crippen LogP) is 3.87. The van der Waals surface area contributed by atoms with E-state index in [4.69, 9.17) is 9.72 Å². The molecule has 0 aliphatic carbocycles. The first kappa shape index (κ1) is 20.1. The molecule has 1 aromatic heterocycles. The van der Waals surface area contributed by atoms with Gasteiger partial charge in [0.2, 0.25) is 5.91 Å². The summed E-state index contributed by atoms with van der Waals surface area (Å²) in [5.41, 5.74) is 2.23. The number of amides is 1. The summed E-state index contributed by atoms with van der Waals surface area (Å²) in [5.74, 6) is 1.21. The number of thiazole rings is 1. The van der Waals surface area contributed by atoms with Crippen molar-refractivity contribution in [2.45, 2.75) is 12.8 Å². The Bertz CT molecular complexity index is 1050. The van der Waals surface area contributed by atoms with Crippen molar-refractivity contribution < 1.29 is 9.53 Å². The summed E-state index contributed by atoms with van der Waals surface area (Å²) in [4.78, 5) is 24.8. The summed E-state index contributed by atoms with van der Waals surface area (Å²) in [7, 11) is 1.68. The Morgan fingerprint density at radius 1 is 1.03 bits per heavy atom. The zero-order valence-electron chi connectivity index (χ0n) is 17.9. The number of methoxy groups -OCH3 is 1. The van der Waals surface area contributed by atoms with Crippen LogP contribution >= 0.6 is 11.3 Å². The molecule has 31 heavy (non-hydrogen) atoms. The minimum atomic E-state index is 0.0542. The van der Waals surface area contributed by atoms with Gasteiger partial charge in [-0.25, -0.2) is 4.98 Å². The third kappa shape index (κ3) is 4.19. The maximum absolute atomic E-state index is 13.3. The summed E-state index contributed by atoms with van der Waals surface area (Å²) >= 11 is 1.68. The van der Waals surface area contributed by atoms with Gasteiger partial charge in [-0.05, 0) is 43.2 Å². The van der Waals surface area contributed by atoms with Crippen LogP contribution in [0, 0.1) is 5.92 Å². The lowest BCUT2D eigenvalue weighted by atomic mass is 9.96. The van der Waals surface area contributed by atoms with E-state index < -0.39 is 0 Å². The second-order valence-corrected chi connectivity index (χ2v) is 9.27. The fourth-order valence-electron chi connectivity index (χ4n) is 4.59. The van der Waals surface area contributed by atoms with Gasteiger partial charge in [0.05, 0.1) is 23.2 Å². The van der Waals surface area contributed by atoms with Crippen LogP contribution in [0.4, 0.5) is 10.8 Å². The maximum Gasteiger partial charge on any atom is 0.227 e. The van der Waals surface area contributed by atoms with Crippen LogP contribution in [-0.2, 0) is 4.79 Å². The van der Waals surface area contributed by atoms with E-state index in [9.17, 15) is 4.79 Å². The van der Waals surface area contributed by atoms with Gasteiger partial charge >= 0.3 is 0 Å². The lowest BCUT2D eigenvalue weighted by Gasteiger charge is -2.39. The number of rotatable bonds is 4. The molecule has 3 aromatic rings. The summed E-state index contributed by atoms with van der Waals surface area (Å²) in [6, 6.07) is 16.5. The number of ether oxygens (including phenoxy) is 1. The average molecular weight is 437 g/mol.